The van der Waals surface area contributed by atoms with Gasteiger partial charge in [-0.25, -0.2) is 9.97 Å². The van der Waals surface area contributed by atoms with E-state index in [1.165, 1.54) is 4.88 Å². The van der Waals surface area contributed by atoms with E-state index in [1.807, 2.05) is 24.1 Å². The molecule has 0 aliphatic carbocycles. The Labute approximate surface area is 133 Å². The lowest BCUT2D eigenvalue weighted by Gasteiger charge is -2.22. The number of likely N-dealkylation sites (N-methyl/N-ethyl adjacent to an activating group) is 1. The quantitative estimate of drug-likeness (QED) is 0.784. The number of aromatic nitrogens is 3. The minimum absolute atomic E-state index is 0.453. The van der Waals surface area contributed by atoms with Crippen molar-refractivity contribution in [2.45, 2.75) is 19.4 Å². The normalized spacial score (nSPS) is 12.5. The van der Waals surface area contributed by atoms with Gasteiger partial charge in [0.05, 0.1) is 11.5 Å². The molecule has 0 spiro atoms. The third-order valence-electron chi connectivity index (χ3n) is 3.59. The molecule has 6 heteroatoms. The number of thiophene rings is 1. The lowest BCUT2D eigenvalue weighted by atomic mass is 10.1. The van der Waals surface area contributed by atoms with Crippen LogP contribution in [-0.2, 0) is 6.42 Å². The van der Waals surface area contributed by atoms with Crippen LogP contribution in [0.15, 0.2) is 36.9 Å². The van der Waals surface area contributed by atoms with Crippen LogP contribution < -0.4 is 4.90 Å². The molecule has 3 rings (SSSR count). The molecular formula is C16H18N4OS. The number of rotatable bonds is 5. The van der Waals surface area contributed by atoms with Gasteiger partial charge in [-0.2, -0.15) is 0 Å². The number of fused-ring (bicyclic) bond motifs is 1. The molecular weight excluding hydrogens is 296 g/mol. The Morgan fingerprint density at radius 3 is 2.95 bits per heavy atom. The Balaban J connectivity index is 1.86. The maximum absolute atomic E-state index is 10.4. The topological polar surface area (TPSA) is 62.1 Å². The van der Waals surface area contributed by atoms with Crippen LogP contribution in [0.5, 0.6) is 0 Å². The Morgan fingerprint density at radius 2 is 2.23 bits per heavy atom. The number of aryl methyl sites for hydroxylation is 1. The first-order valence-corrected chi connectivity index (χ1v) is 8.03. The number of aliphatic hydroxyl groups excluding tert-OH is 1. The van der Waals surface area contributed by atoms with Crippen molar-refractivity contribution in [2.24, 2.45) is 0 Å². The highest BCUT2D eigenvalue weighted by atomic mass is 32.1. The fourth-order valence-electron chi connectivity index (χ4n) is 2.40. The predicted octanol–water partition coefficient (Wildman–Crippen LogP) is 2.82. The zero-order chi connectivity index (χ0) is 15.5. The van der Waals surface area contributed by atoms with Crippen LogP contribution in [0.3, 0.4) is 0 Å². The molecule has 1 unspecified atom stereocenters. The summed E-state index contributed by atoms with van der Waals surface area (Å²) in [4.78, 5) is 17.0. The maximum Gasteiger partial charge on any atom is 0.140 e. The Kier molecular flexibility index (Phi) is 4.31. The molecule has 3 heterocycles. The number of nitrogens with zero attached hydrogens (tertiary/aromatic N) is 4. The second-order valence-electron chi connectivity index (χ2n) is 5.17. The van der Waals surface area contributed by atoms with Gasteiger partial charge in [-0.05, 0) is 18.6 Å². The summed E-state index contributed by atoms with van der Waals surface area (Å²) < 4.78 is 0. The summed E-state index contributed by atoms with van der Waals surface area (Å²) in [5.74, 6) is 0.851. The first-order chi connectivity index (χ1) is 10.7. The molecule has 0 radical (unpaired) electrons. The summed E-state index contributed by atoms with van der Waals surface area (Å²) in [5.41, 5.74) is 0.805. The van der Waals surface area contributed by atoms with Crippen molar-refractivity contribution in [3.05, 3.63) is 47.4 Å². The molecule has 0 amide bonds. The molecule has 0 aliphatic heterocycles. The molecule has 1 atom stereocenters. The summed E-state index contributed by atoms with van der Waals surface area (Å²) in [5, 5.41) is 11.4. The van der Waals surface area contributed by atoms with Crippen LogP contribution in [0.25, 0.3) is 10.2 Å². The summed E-state index contributed by atoms with van der Waals surface area (Å²) in [6.07, 6.45) is 5.36. The minimum Gasteiger partial charge on any atom is -0.386 e. The van der Waals surface area contributed by atoms with E-state index in [0.717, 1.165) is 28.0 Å². The van der Waals surface area contributed by atoms with Crippen molar-refractivity contribution in [3.63, 3.8) is 0 Å². The summed E-state index contributed by atoms with van der Waals surface area (Å²) >= 11 is 1.69. The van der Waals surface area contributed by atoms with Crippen LogP contribution in [0.1, 0.15) is 23.5 Å². The fourth-order valence-corrected chi connectivity index (χ4v) is 3.33. The molecule has 22 heavy (non-hydrogen) atoms. The minimum atomic E-state index is -0.604. The first kappa shape index (κ1) is 14.9. The highest BCUT2D eigenvalue weighted by molar-refractivity contribution is 7.18. The van der Waals surface area contributed by atoms with Gasteiger partial charge in [0.1, 0.15) is 17.0 Å². The second-order valence-corrected chi connectivity index (χ2v) is 6.28. The molecule has 0 saturated carbocycles. The molecule has 5 nitrogen and oxygen atoms in total. The highest BCUT2D eigenvalue weighted by Crippen LogP contribution is 2.30. The van der Waals surface area contributed by atoms with E-state index in [9.17, 15) is 5.11 Å². The Bertz CT molecular complexity index is 759. The summed E-state index contributed by atoms with van der Waals surface area (Å²) in [6.45, 7) is 2.59. The molecule has 1 N–H and O–H groups in total. The van der Waals surface area contributed by atoms with Gasteiger partial charge in [-0.15, -0.1) is 11.3 Å². The van der Waals surface area contributed by atoms with Crippen LogP contribution >= 0.6 is 11.3 Å². The molecule has 0 saturated heterocycles. The number of pyridine rings is 1. The molecule has 0 fully saturated rings. The summed E-state index contributed by atoms with van der Waals surface area (Å²) in [7, 11) is 1.94. The predicted molar refractivity (Wildman–Crippen MR) is 89.3 cm³/mol. The van der Waals surface area contributed by atoms with Gasteiger partial charge in [0, 0.05) is 36.4 Å². The van der Waals surface area contributed by atoms with Crippen molar-refractivity contribution in [1.82, 2.24) is 15.0 Å². The molecule has 0 aliphatic rings. The lowest BCUT2D eigenvalue weighted by Crippen LogP contribution is -2.25. The number of aliphatic hydroxyl groups is 1. The van der Waals surface area contributed by atoms with Gasteiger partial charge in [-0.3, -0.25) is 4.98 Å². The SMILES string of the molecule is CCc1cc2c(N(C)CC(O)c3cccnc3)ncnc2s1. The summed E-state index contributed by atoms with van der Waals surface area (Å²) in [6, 6.07) is 5.84. The van der Waals surface area contributed by atoms with Gasteiger partial charge < -0.3 is 10.0 Å². The first-order valence-electron chi connectivity index (χ1n) is 7.21. The number of hydrogen-bond acceptors (Lipinski definition) is 6. The standard InChI is InChI=1S/C16H18N4OS/c1-3-12-7-13-15(18-10-19-16(13)22-12)20(2)9-14(21)11-5-4-6-17-8-11/h4-8,10,14,21H,3,9H2,1-2H3. The van der Waals surface area contributed by atoms with Crippen molar-refractivity contribution < 1.29 is 5.11 Å². The lowest BCUT2D eigenvalue weighted by molar-refractivity contribution is 0.184. The number of anilines is 1. The van der Waals surface area contributed by atoms with Crippen LogP contribution in [0.2, 0.25) is 0 Å². The maximum atomic E-state index is 10.4. The van der Waals surface area contributed by atoms with Gasteiger partial charge in [-0.1, -0.05) is 13.0 Å². The van der Waals surface area contributed by atoms with E-state index in [-0.39, 0.29) is 0 Å². The smallest absolute Gasteiger partial charge is 0.140 e. The second kappa shape index (κ2) is 6.37. The highest BCUT2D eigenvalue weighted by Gasteiger charge is 2.16. The molecule has 114 valence electrons. The fraction of sp³-hybridized carbons (Fsp3) is 0.312. The largest absolute Gasteiger partial charge is 0.386 e. The monoisotopic (exact) mass is 314 g/mol. The van der Waals surface area contributed by atoms with E-state index < -0.39 is 6.10 Å². The van der Waals surface area contributed by atoms with Crippen molar-refractivity contribution in [2.75, 3.05) is 18.5 Å². The van der Waals surface area contributed by atoms with E-state index >= 15 is 0 Å². The molecule has 0 bridgehead atoms. The average molecular weight is 314 g/mol. The Hall–Kier alpha value is -2.05. The zero-order valence-corrected chi connectivity index (χ0v) is 13.4. The van der Waals surface area contributed by atoms with Gasteiger partial charge in [0.2, 0.25) is 0 Å². The van der Waals surface area contributed by atoms with Crippen molar-refractivity contribution in [3.8, 4) is 0 Å². The van der Waals surface area contributed by atoms with Gasteiger partial charge in [0.25, 0.3) is 0 Å². The van der Waals surface area contributed by atoms with E-state index in [0.29, 0.717) is 6.54 Å². The van der Waals surface area contributed by atoms with E-state index in [1.54, 1.807) is 30.1 Å². The Morgan fingerprint density at radius 1 is 1.36 bits per heavy atom. The molecule has 3 aromatic rings. The molecule has 3 aromatic heterocycles. The van der Waals surface area contributed by atoms with Crippen LogP contribution in [0, 0.1) is 0 Å². The van der Waals surface area contributed by atoms with Crippen LogP contribution in [0.4, 0.5) is 5.82 Å². The van der Waals surface area contributed by atoms with E-state index in [4.69, 9.17) is 0 Å². The third kappa shape index (κ3) is 2.93. The average Bonchev–Trinajstić information content (AvgIpc) is 2.98. The molecule has 0 aromatic carbocycles. The van der Waals surface area contributed by atoms with Crippen LogP contribution in [-0.4, -0.2) is 33.7 Å². The zero-order valence-electron chi connectivity index (χ0n) is 12.6. The van der Waals surface area contributed by atoms with Crippen molar-refractivity contribution in [1.29, 1.82) is 0 Å². The number of hydrogen-bond donors (Lipinski definition) is 1. The van der Waals surface area contributed by atoms with E-state index in [2.05, 4.69) is 27.9 Å². The van der Waals surface area contributed by atoms with Gasteiger partial charge in [0.15, 0.2) is 0 Å². The van der Waals surface area contributed by atoms with Crippen molar-refractivity contribution >= 4 is 27.4 Å². The third-order valence-corrected chi connectivity index (χ3v) is 4.77. The van der Waals surface area contributed by atoms with Gasteiger partial charge >= 0.3 is 0 Å².